The van der Waals surface area contributed by atoms with Crippen molar-refractivity contribution in [2.45, 2.75) is 25.3 Å². The number of likely N-dealkylation sites (tertiary alicyclic amines) is 1. The van der Waals surface area contributed by atoms with E-state index in [4.69, 9.17) is 0 Å². The van der Waals surface area contributed by atoms with Crippen LogP contribution in [0.15, 0.2) is 30.3 Å². The highest BCUT2D eigenvalue weighted by atomic mass is 16.2. The molecule has 26 heavy (non-hydrogen) atoms. The van der Waals surface area contributed by atoms with Gasteiger partial charge in [0.2, 0.25) is 5.91 Å². The average molecular weight is 357 g/mol. The number of piperazine rings is 1. The Morgan fingerprint density at radius 1 is 1.00 bits per heavy atom. The molecule has 0 aromatic heterocycles. The Hall–Kier alpha value is -1.43. The Bertz CT molecular complexity index is 596. The minimum atomic E-state index is -0.124. The number of carbonyl (C=O) groups is 1. The smallest absolute Gasteiger partial charge is 0.244 e. The molecule has 1 spiro atoms. The molecule has 5 heteroatoms. The third-order valence-corrected chi connectivity index (χ3v) is 6.72. The van der Waals surface area contributed by atoms with Gasteiger partial charge < -0.3 is 15.1 Å². The summed E-state index contributed by atoms with van der Waals surface area (Å²) in [7, 11) is 2.16. The fourth-order valence-corrected chi connectivity index (χ4v) is 4.82. The highest BCUT2D eigenvalue weighted by Gasteiger charge is 2.40. The molecule has 0 radical (unpaired) electrons. The van der Waals surface area contributed by atoms with Crippen molar-refractivity contribution in [3.05, 3.63) is 35.9 Å². The van der Waals surface area contributed by atoms with Crippen LogP contribution in [0.25, 0.3) is 0 Å². The van der Waals surface area contributed by atoms with Gasteiger partial charge in [0.25, 0.3) is 0 Å². The van der Waals surface area contributed by atoms with Crippen LogP contribution in [0.5, 0.6) is 0 Å². The topological polar surface area (TPSA) is 38.8 Å². The third-order valence-electron chi connectivity index (χ3n) is 6.72. The zero-order valence-electron chi connectivity index (χ0n) is 16.0. The SMILES string of the molecule is CN1CCN(C(C(=O)N2CCC3(CCNC3)CC2)c2ccccc2)CC1. The van der Waals surface area contributed by atoms with Crippen LogP contribution >= 0.6 is 0 Å². The van der Waals surface area contributed by atoms with Gasteiger partial charge in [0.1, 0.15) is 6.04 Å². The largest absolute Gasteiger partial charge is 0.341 e. The number of piperidine rings is 1. The number of rotatable bonds is 3. The van der Waals surface area contributed by atoms with Crippen molar-refractivity contribution < 1.29 is 4.79 Å². The highest BCUT2D eigenvalue weighted by molar-refractivity contribution is 5.83. The predicted molar refractivity (Wildman–Crippen MR) is 104 cm³/mol. The molecule has 3 saturated heterocycles. The number of hydrogen-bond donors (Lipinski definition) is 1. The van der Waals surface area contributed by atoms with E-state index >= 15 is 0 Å². The Balaban J connectivity index is 1.49. The number of nitrogens with zero attached hydrogens (tertiary/aromatic N) is 3. The van der Waals surface area contributed by atoms with Gasteiger partial charge in [-0.3, -0.25) is 9.69 Å². The summed E-state index contributed by atoms with van der Waals surface area (Å²) in [5.74, 6) is 0.307. The molecular formula is C21H32N4O. The fourth-order valence-electron chi connectivity index (χ4n) is 4.82. The van der Waals surface area contributed by atoms with Gasteiger partial charge in [-0.2, -0.15) is 0 Å². The lowest BCUT2D eigenvalue weighted by Crippen LogP contribution is -2.52. The van der Waals surface area contributed by atoms with Gasteiger partial charge in [-0.25, -0.2) is 0 Å². The normalized spacial score (nSPS) is 25.5. The summed E-state index contributed by atoms with van der Waals surface area (Å²) >= 11 is 0. The number of nitrogens with one attached hydrogen (secondary N) is 1. The van der Waals surface area contributed by atoms with Gasteiger partial charge in [0.05, 0.1) is 0 Å². The molecule has 142 valence electrons. The number of amides is 1. The summed E-state index contributed by atoms with van der Waals surface area (Å²) in [5, 5.41) is 3.51. The van der Waals surface area contributed by atoms with Crippen LogP contribution in [0.1, 0.15) is 30.9 Å². The van der Waals surface area contributed by atoms with E-state index in [-0.39, 0.29) is 6.04 Å². The molecule has 0 aliphatic carbocycles. The summed E-state index contributed by atoms with van der Waals surface area (Å²) in [5.41, 5.74) is 1.59. The molecule has 4 rings (SSSR count). The van der Waals surface area contributed by atoms with Crippen molar-refractivity contribution in [3.8, 4) is 0 Å². The van der Waals surface area contributed by atoms with Gasteiger partial charge >= 0.3 is 0 Å². The molecule has 3 heterocycles. The van der Waals surface area contributed by atoms with Crippen LogP contribution in [0.3, 0.4) is 0 Å². The lowest BCUT2D eigenvalue weighted by atomic mass is 9.77. The van der Waals surface area contributed by atoms with Gasteiger partial charge in [0.15, 0.2) is 0 Å². The quantitative estimate of drug-likeness (QED) is 0.892. The Morgan fingerprint density at radius 3 is 2.31 bits per heavy atom. The van der Waals surface area contributed by atoms with E-state index in [1.165, 1.54) is 6.42 Å². The van der Waals surface area contributed by atoms with Gasteiger partial charge in [-0.05, 0) is 43.8 Å². The first-order valence-electron chi connectivity index (χ1n) is 10.1. The number of hydrogen-bond acceptors (Lipinski definition) is 4. The van der Waals surface area contributed by atoms with Crippen molar-refractivity contribution in [1.82, 2.24) is 20.0 Å². The fraction of sp³-hybridized carbons (Fsp3) is 0.667. The van der Waals surface area contributed by atoms with E-state index in [0.29, 0.717) is 11.3 Å². The summed E-state index contributed by atoms with van der Waals surface area (Å²) in [4.78, 5) is 20.4. The second-order valence-corrected chi connectivity index (χ2v) is 8.40. The van der Waals surface area contributed by atoms with Crippen LogP contribution < -0.4 is 5.32 Å². The molecule has 1 aromatic rings. The summed E-state index contributed by atoms with van der Waals surface area (Å²) in [6.07, 6.45) is 3.57. The molecule has 5 nitrogen and oxygen atoms in total. The maximum Gasteiger partial charge on any atom is 0.244 e. The van der Waals surface area contributed by atoms with Crippen molar-refractivity contribution in [2.75, 3.05) is 59.4 Å². The summed E-state index contributed by atoms with van der Waals surface area (Å²) in [6, 6.07) is 10.3. The van der Waals surface area contributed by atoms with Gasteiger partial charge in [0, 0.05) is 45.8 Å². The van der Waals surface area contributed by atoms with Crippen molar-refractivity contribution in [3.63, 3.8) is 0 Å². The molecule has 1 unspecified atom stereocenters. The maximum absolute atomic E-state index is 13.5. The molecule has 1 N–H and O–H groups in total. The Morgan fingerprint density at radius 2 is 1.69 bits per heavy atom. The summed E-state index contributed by atoms with van der Waals surface area (Å²) in [6.45, 7) is 8.09. The average Bonchev–Trinajstić information content (AvgIpc) is 3.13. The first-order valence-corrected chi connectivity index (χ1v) is 10.1. The van der Waals surface area contributed by atoms with Gasteiger partial charge in [-0.1, -0.05) is 30.3 Å². The molecule has 1 amide bonds. The molecule has 1 atom stereocenters. The number of likely N-dealkylation sites (N-methyl/N-ethyl adjacent to an activating group) is 1. The molecule has 3 aliphatic rings. The lowest BCUT2D eigenvalue weighted by Gasteiger charge is -2.43. The lowest BCUT2D eigenvalue weighted by molar-refractivity contribution is -0.140. The molecule has 1 aromatic carbocycles. The zero-order valence-corrected chi connectivity index (χ0v) is 16.0. The molecule has 3 aliphatic heterocycles. The molecule has 0 saturated carbocycles. The Labute approximate surface area is 157 Å². The van der Waals surface area contributed by atoms with Crippen molar-refractivity contribution in [1.29, 1.82) is 0 Å². The van der Waals surface area contributed by atoms with E-state index in [0.717, 1.165) is 70.8 Å². The Kier molecular flexibility index (Phi) is 5.30. The number of carbonyl (C=O) groups excluding carboxylic acids is 1. The standard InChI is InChI=1S/C21H32N4O/c1-23-13-15-24(16-14-23)19(18-5-3-2-4-6-18)20(26)25-11-8-21(9-12-25)7-10-22-17-21/h2-6,19,22H,7-17H2,1H3. The van der Waals surface area contributed by atoms with E-state index in [1.807, 2.05) is 6.07 Å². The minimum absolute atomic E-state index is 0.124. The van der Waals surface area contributed by atoms with E-state index in [1.54, 1.807) is 0 Å². The first kappa shape index (κ1) is 18.0. The maximum atomic E-state index is 13.5. The van der Waals surface area contributed by atoms with Crippen LogP contribution in [0.2, 0.25) is 0 Å². The second-order valence-electron chi connectivity index (χ2n) is 8.40. The van der Waals surface area contributed by atoms with Gasteiger partial charge in [-0.15, -0.1) is 0 Å². The van der Waals surface area contributed by atoms with E-state index in [2.05, 4.69) is 51.3 Å². The highest BCUT2D eigenvalue weighted by Crippen LogP contribution is 2.38. The van der Waals surface area contributed by atoms with Crippen LogP contribution in [0, 0.1) is 5.41 Å². The van der Waals surface area contributed by atoms with E-state index in [9.17, 15) is 4.79 Å². The second kappa shape index (κ2) is 7.67. The zero-order chi connectivity index (χ0) is 18.0. The number of benzene rings is 1. The predicted octanol–water partition coefficient (Wildman–Crippen LogP) is 1.58. The monoisotopic (exact) mass is 356 g/mol. The third kappa shape index (κ3) is 3.66. The van der Waals surface area contributed by atoms with Crippen LogP contribution in [-0.4, -0.2) is 80.0 Å². The van der Waals surface area contributed by atoms with Crippen LogP contribution in [0.4, 0.5) is 0 Å². The molecular weight excluding hydrogens is 324 g/mol. The van der Waals surface area contributed by atoms with E-state index < -0.39 is 0 Å². The molecule has 3 fully saturated rings. The summed E-state index contributed by atoms with van der Waals surface area (Å²) < 4.78 is 0. The van der Waals surface area contributed by atoms with Crippen molar-refractivity contribution >= 4 is 5.91 Å². The minimum Gasteiger partial charge on any atom is -0.341 e. The van der Waals surface area contributed by atoms with Crippen LogP contribution in [-0.2, 0) is 4.79 Å². The first-order chi connectivity index (χ1) is 12.7. The van der Waals surface area contributed by atoms with Crippen molar-refractivity contribution in [2.24, 2.45) is 5.41 Å². The molecule has 0 bridgehead atoms.